The van der Waals surface area contributed by atoms with Crippen LogP contribution in [-0.2, 0) is 0 Å². The van der Waals surface area contributed by atoms with E-state index in [1.165, 1.54) is 44.9 Å². The van der Waals surface area contributed by atoms with Crippen LogP contribution in [0.15, 0.2) is 18.3 Å². The van der Waals surface area contributed by atoms with E-state index in [9.17, 15) is 4.79 Å². The summed E-state index contributed by atoms with van der Waals surface area (Å²) < 4.78 is 0. The molecule has 0 bridgehead atoms. The third kappa shape index (κ3) is 3.74. The first-order chi connectivity index (χ1) is 10.3. The molecular weight excluding hydrogens is 262 g/mol. The molecule has 2 fully saturated rings. The average molecular weight is 288 g/mol. The highest BCUT2D eigenvalue weighted by Gasteiger charge is 2.25. The predicted molar refractivity (Wildman–Crippen MR) is 83.2 cm³/mol. The van der Waals surface area contributed by atoms with Crippen molar-refractivity contribution in [3.8, 4) is 0 Å². The number of carbonyl (C=O) groups is 1. The van der Waals surface area contributed by atoms with Crippen LogP contribution in [0.2, 0.25) is 0 Å². The van der Waals surface area contributed by atoms with Crippen molar-refractivity contribution in [1.82, 2.24) is 5.32 Å². The van der Waals surface area contributed by atoms with Gasteiger partial charge in [-0.1, -0.05) is 19.3 Å². The Morgan fingerprint density at radius 2 is 1.67 bits per heavy atom. The van der Waals surface area contributed by atoms with Gasteiger partial charge in [0.25, 0.3) is 11.7 Å². The Kier molecular flexibility index (Phi) is 4.73. The molecule has 1 aromatic rings. The van der Waals surface area contributed by atoms with Crippen molar-refractivity contribution in [3.05, 3.63) is 23.9 Å². The summed E-state index contributed by atoms with van der Waals surface area (Å²) in [6.45, 7) is 0. The van der Waals surface area contributed by atoms with Crippen molar-refractivity contribution in [1.29, 1.82) is 0 Å². The van der Waals surface area contributed by atoms with Gasteiger partial charge in [-0.2, -0.15) is 0 Å². The van der Waals surface area contributed by atoms with E-state index in [1.807, 2.05) is 18.3 Å². The maximum absolute atomic E-state index is 12.5. The molecule has 1 aromatic heterocycles. The summed E-state index contributed by atoms with van der Waals surface area (Å²) in [7, 11) is 0. The molecule has 3 rings (SSSR count). The molecule has 0 aromatic carbocycles. The fourth-order valence-electron chi connectivity index (χ4n) is 3.53. The van der Waals surface area contributed by atoms with Gasteiger partial charge in [0.15, 0.2) is 0 Å². The Morgan fingerprint density at radius 1 is 1.00 bits per heavy atom. The van der Waals surface area contributed by atoms with E-state index in [-0.39, 0.29) is 5.91 Å². The average Bonchev–Trinajstić information content (AvgIpc) is 3.02. The second-order valence-electron chi connectivity index (χ2n) is 6.39. The zero-order chi connectivity index (χ0) is 14.5. The molecule has 21 heavy (non-hydrogen) atoms. The van der Waals surface area contributed by atoms with Crippen molar-refractivity contribution in [2.45, 2.75) is 69.9 Å². The lowest BCUT2D eigenvalue weighted by atomic mass is 9.95. The van der Waals surface area contributed by atoms with E-state index in [0.717, 1.165) is 24.2 Å². The number of H-pyrrole nitrogens is 1. The Morgan fingerprint density at radius 3 is 2.43 bits per heavy atom. The van der Waals surface area contributed by atoms with Gasteiger partial charge in [0.1, 0.15) is 5.56 Å². The van der Waals surface area contributed by atoms with E-state index in [0.29, 0.717) is 12.1 Å². The van der Waals surface area contributed by atoms with Gasteiger partial charge in [-0.25, -0.2) is 4.98 Å². The second kappa shape index (κ2) is 6.92. The molecular formula is C17H26N3O+. The molecule has 4 heteroatoms. The maximum Gasteiger partial charge on any atom is 0.285 e. The smallest absolute Gasteiger partial charge is 0.285 e. The SMILES string of the molecule is O=C(NC1CCCC1)c1ccc[nH+]c1NC1CCCCC1. The van der Waals surface area contributed by atoms with Crippen LogP contribution in [0.1, 0.15) is 68.1 Å². The minimum Gasteiger partial charge on any atom is -0.349 e. The third-order valence-electron chi connectivity index (χ3n) is 4.74. The molecule has 4 nitrogen and oxygen atoms in total. The molecule has 2 saturated carbocycles. The third-order valence-corrected chi connectivity index (χ3v) is 4.74. The van der Waals surface area contributed by atoms with Gasteiger partial charge in [-0.05, 0) is 50.7 Å². The van der Waals surface area contributed by atoms with E-state index >= 15 is 0 Å². The molecule has 1 heterocycles. The lowest BCUT2D eigenvalue weighted by Gasteiger charge is -2.20. The number of amides is 1. The van der Waals surface area contributed by atoms with E-state index in [2.05, 4.69) is 15.6 Å². The Balaban J connectivity index is 1.67. The van der Waals surface area contributed by atoms with E-state index < -0.39 is 0 Å². The van der Waals surface area contributed by atoms with Gasteiger partial charge in [-0.15, -0.1) is 0 Å². The molecule has 114 valence electrons. The van der Waals surface area contributed by atoms with Crippen LogP contribution in [0, 0.1) is 0 Å². The molecule has 3 N–H and O–H groups in total. The summed E-state index contributed by atoms with van der Waals surface area (Å²) in [5.74, 6) is 0.928. The Hall–Kier alpha value is -1.58. The zero-order valence-corrected chi connectivity index (χ0v) is 12.7. The molecule has 2 aliphatic carbocycles. The topological polar surface area (TPSA) is 55.3 Å². The first-order valence-electron chi connectivity index (χ1n) is 8.41. The van der Waals surface area contributed by atoms with E-state index in [4.69, 9.17) is 0 Å². The van der Waals surface area contributed by atoms with Crippen LogP contribution in [0.5, 0.6) is 0 Å². The number of anilines is 1. The Bertz CT molecular complexity index is 477. The number of aromatic nitrogens is 1. The number of hydrogen-bond donors (Lipinski definition) is 2. The molecule has 0 aliphatic heterocycles. The molecule has 0 unspecified atom stereocenters. The normalized spacial score (nSPS) is 20.4. The van der Waals surface area contributed by atoms with Crippen LogP contribution in [0.25, 0.3) is 0 Å². The number of aromatic amines is 1. The molecule has 0 saturated heterocycles. The monoisotopic (exact) mass is 288 g/mol. The van der Waals surface area contributed by atoms with Crippen molar-refractivity contribution in [2.75, 3.05) is 5.32 Å². The summed E-state index contributed by atoms with van der Waals surface area (Å²) in [5, 5.41) is 6.71. The lowest BCUT2D eigenvalue weighted by molar-refractivity contribution is -0.361. The highest BCUT2D eigenvalue weighted by Crippen LogP contribution is 2.22. The number of rotatable bonds is 4. The summed E-state index contributed by atoms with van der Waals surface area (Å²) >= 11 is 0. The highest BCUT2D eigenvalue weighted by atomic mass is 16.1. The van der Waals surface area contributed by atoms with Crippen LogP contribution in [0.3, 0.4) is 0 Å². The van der Waals surface area contributed by atoms with Gasteiger partial charge in [0.05, 0.1) is 12.2 Å². The second-order valence-corrected chi connectivity index (χ2v) is 6.39. The van der Waals surface area contributed by atoms with E-state index in [1.54, 1.807) is 0 Å². The quantitative estimate of drug-likeness (QED) is 0.895. The first-order valence-corrected chi connectivity index (χ1v) is 8.41. The minimum absolute atomic E-state index is 0.0528. The van der Waals surface area contributed by atoms with Crippen molar-refractivity contribution < 1.29 is 9.78 Å². The summed E-state index contributed by atoms with van der Waals surface area (Å²) in [5.41, 5.74) is 0.745. The zero-order valence-electron chi connectivity index (χ0n) is 12.7. The van der Waals surface area contributed by atoms with Gasteiger partial charge >= 0.3 is 0 Å². The van der Waals surface area contributed by atoms with Crippen LogP contribution < -0.4 is 15.6 Å². The number of carbonyl (C=O) groups excluding carboxylic acids is 1. The largest absolute Gasteiger partial charge is 0.349 e. The fourth-order valence-corrected chi connectivity index (χ4v) is 3.53. The highest BCUT2D eigenvalue weighted by molar-refractivity contribution is 5.98. The molecule has 0 radical (unpaired) electrons. The molecule has 1 amide bonds. The van der Waals surface area contributed by atoms with Crippen molar-refractivity contribution in [2.24, 2.45) is 0 Å². The Labute approximate surface area is 126 Å². The van der Waals surface area contributed by atoms with Gasteiger partial charge in [0.2, 0.25) is 0 Å². The number of hydrogen-bond acceptors (Lipinski definition) is 2. The number of nitrogens with one attached hydrogen (secondary N) is 3. The number of pyridine rings is 1. The van der Waals surface area contributed by atoms with Crippen LogP contribution >= 0.6 is 0 Å². The van der Waals surface area contributed by atoms with Gasteiger partial charge in [0, 0.05) is 6.04 Å². The minimum atomic E-state index is 0.0528. The molecule has 0 atom stereocenters. The summed E-state index contributed by atoms with van der Waals surface area (Å²) in [6.07, 6.45) is 12.9. The van der Waals surface area contributed by atoms with Crippen molar-refractivity contribution in [3.63, 3.8) is 0 Å². The van der Waals surface area contributed by atoms with Gasteiger partial charge in [-0.3, -0.25) is 10.1 Å². The fraction of sp³-hybridized carbons (Fsp3) is 0.647. The van der Waals surface area contributed by atoms with Gasteiger partial charge < -0.3 is 5.32 Å². The van der Waals surface area contributed by atoms with Crippen LogP contribution in [-0.4, -0.2) is 18.0 Å². The molecule has 0 spiro atoms. The van der Waals surface area contributed by atoms with Crippen LogP contribution in [0.4, 0.5) is 5.82 Å². The lowest BCUT2D eigenvalue weighted by Crippen LogP contribution is -2.35. The molecule has 2 aliphatic rings. The van der Waals surface area contributed by atoms with Crippen molar-refractivity contribution >= 4 is 11.7 Å². The maximum atomic E-state index is 12.5. The predicted octanol–water partition coefficient (Wildman–Crippen LogP) is 2.92. The summed E-state index contributed by atoms with van der Waals surface area (Å²) in [6, 6.07) is 4.66. The standard InChI is InChI=1S/C17H25N3O/c21-17(20-14-9-4-5-10-14)15-11-6-12-18-16(15)19-13-7-2-1-3-8-13/h6,11-14H,1-5,7-10H2,(H,18,19)(H,20,21)/p+1. The first kappa shape index (κ1) is 14.4. The summed E-state index contributed by atoms with van der Waals surface area (Å²) in [4.78, 5) is 15.7.